The predicted octanol–water partition coefficient (Wildman–Crippen LogP) is 9.44. The number of aromatic amines is 1. The van der Waals surface area contributed by atoms with Crippen LogP contribution in [0.25, 0.3) is 43.7 Å². The molecule has 2 heteroatoms. The number of benzene rings is 4. The molecule has 2 nitrogen and oxygen atoms in total. The maximum atomic E-state index is 4.70. The van der Waals surface area contributed by atoms with Crippen molar-refractivity contribution in [3.63, 3.8) is 0 Å². The average Bonchev–Trinajstić information content (AvgIpc) is 3.05. The predicted molar refractivity (Wildman–Crippen MR) is 158 cm³/mol. The van der Waals surface area contributed by atoms with E-state index >= 15 is 0 Å². The van der Waals surface area contributed by atoms with E-state index in [0.717, 1.165) is 0 Å². The Bertz CT molecular complexity index is 1660. The molecule has 0 aliphatic carbocycles. The minimum atomic E-state index is 0.0538. The van der Waals surface area contributed by atoms with Gasteiger partial charge in [0.1, 0.15) is 0 Å². The summed E-state index contributed by atoms with van der Waals surface area (Å²) in [7, 11) is 0. The third kappa shape index (κ3) is 4.71. The van der Waals surface area contributed by atoms with Gasteiger partial charge in [0.2, 0.25) is 0 Å². The highest BCUT2D eigenvalue weighted by Crippen LogP contribution is 2.34. The van der Waals surface area contributed by atoms with E-state index in [1.165, 1.54) is 54.8 Å². The van der Waals surface area contributed by atoms with E-state index in [4.69, 9.17) is 4.99 Å². The van der Waals surface area contributed by atoms with Crippen molar-refractivity contribution >= 4 is 38.8 Å². The summed E-state index contributed by atoms with van der Waals surface area (Å²) in [5.74, 6) is 0. The molecule has 0 bridgehead atoms. The molecule has 1 aliphatic rings. The molecule has 176 valence electrons. The Morgan fingerprint density at radius 2 is 1.56 bits per heavy atom. The first kappa shape index (κ1) is 23.3. The molecule has 0 spiro atoms. The lowest BCUT2D eigenvalue weighted by molar-refractivity contribution is 0.909. The van der Waals surface area contributed by atoms with Gasteiger partial charge in [0, 0.05) is 28.0 Å². The van der Waals surface area contributed by atoms with E-state index in [1.807, 2.05) is 37.4 Å². The molecule has 1 aromatic heterocycles. The fourth-order valence-corrected chi connectivity index (χ4v) is 4.70. The van der Waals surface area contributed by atoms with Crippen LogP contribution >= 0.6 is 0 Å². The largest absolute Gasteiger partial charge is 0.354 e. The second-order valence-corrected chi connectivity index (χ2v) is 8.98. The molecule has 0 saturated heterocycles. The van der Waals surface area contributed by atoms with E-state index < -0.39 is 0 Å². The number of H-pyrrole nitrogens is 1. The van der Waals surface area contributed by atoms with E-state index in [9.17, 15) is 0 Å². The summed E-state index contributed by atoms with van der Waals surface area (Å²) in [5.41, 5.74) is 7.31. The topological polar surface area (TPSA) is 28.1 Å². The molecule has 0 radical (unpaired) electrons. The van der Waals surface area contributed by atoms with Gasteiger partial charge in [0.05, 0.1) is 6.04 Å². The summed E-state index contributed by atoms with van der Waals surface area (Å²) in [6, 6.07) is 26.6. The van der Waals surface area contributed by atoms with Gasteiger partial charge in [0.15, 0.2) is 0 Å². The number of rotatable bonds is 3. The van der Waals surface area contributed by atoms with Crippen molar-refractivity contribution in [3.8, 4) is 11.1 Å². The van der Waals surface area contributed by atoms with E-state index in [1.54, 1.807) is 6.08 Å². The third-order valence-electron chi connectivity index (χ3n) is 6.57. The summed E-state index contributed by atoms with van der Waals surface area (Å²) in [6.07, 6.45) is 15.7. The maximum absolute atomic E-state index is 4.70. The lowest BCUT2D eigenvalue weighted by atomic mass is 9.94. The number of nitrogens with zero attached hydrogens (tertiary/aromatic N) is 1. The number of aryl methyl sites for hydroxylation is 1. The standard InChI is InChI=1S/C29H22N2.C5H8/c1-19-10-11-22(15-24(19)27-9-3-2-6-14-30-27)23-12-13-28-25(17-23)26-16-20-7-4-5-8-21(20)18-29(26)31-28;1-3-5-4-2/h2-18,27,31H,1H3;3-5H,1H2,2H3/b;5-4-. The van der Waals surface area contributed by atoms with Crippen molar-refractivity contribution in [2.45, 2.75) is 19.9 Å². The molecule has 0 saturated carbocycles. The van der Waals surface area contributed by atoms with E-state index in [-0.39, 0.29) is 6.04 Å². The smallest absolute Gasteiger partial charge is 0.0936 e. The lowest BCUT2D eigenvalue weighted by Crippen LogP contribution is -1.96. The second-order valence-electron chi connectivity index (χ2n) is 8.98. The van der Waals surface area contributed by atoms with Gasteiger partial charge in [0.25, 0.3) is 0 Å². The lowest BCUT2D eigenvalue weighted by Gasteiger charge is -2.13. The average molecular weight is 467 g/mol. The van der Waals surface area contributed by atoms with Gasteiger partial charge in [-0.05, 0) is 83.3 Å². The zero-order valence-electron chi connectivity index (χ0n) is 20.8. The molecule has 4 aromatic carbocycles. The highest BCUT2D eigenvalue weighted by atomic mass is 14.8. The molecular weight excluding hydrogens is 436 g/mol. The fourth-order valence-electron chi connectivity index (χ4n) is 4.70. The number of aromatic nitrogens is 1. The monoisotopic (exact) mass is 466 g/mol. The van der Waals surface area contributed by atoms with Crippen LogP contribution in [0.3, 0.4) is 0 Å². The normalized spacial score (nSPS) is 14.9. The third-order valence-corrected chi connectivity index (χ3v) is 6.57. The van der Waals surface area contributed by atoms with Crippen LogP contribution in [0.1, 0.15) is 24.1 Å². The van der Waals surface area contributed by atoms with Crippen LogP contribution in [-0.4, -0.2) is 11.2 Å². The summed E-state index contributed by atoms with van der Waals surface area (Å²) >= 11 is 0. The van der Waals surface area contributed by atoms with Gasteiger partial charge in [-0.3, -0.25) is 4.99 Å². The number of hydrogen-bond acceptors (Lipinski definition) is 1. The number of fused-ring (bicyclic) bond motifs is 4. The van der Waals surface area contributed by atoms with Crippen LogP contribution < -0.4 is 0 Å². The fraction of sp³-hybridized carbons (Fsp3) is 0.0882. The Kier molecular flexibility index (Phi) is 6.77. The second kappa shape index (κ2) is 10.5. The molecule has 2 heterocycles. The van der Waals surface area contributed by atoms with Crippen molar-refractivity contribution in [1.82, 2.24) is 4.98 Å². The van der Waals surface area contributed by atoms with Crippen LogP contribution in [0.15, 0.2) is 127 Å². The van der Waals surface area contributed by atoms with Crippen molar-refractivity contribution in [3.05, 3.63) is 133 Å². The van der Waals surface area contributed by atoms with Gasteiger partial charge in [-0.1, -0.05) is 85.5 Å². The van der Waals surface area contributed by atoms with Gasteiger partial charge in [-0.2, -0.15) is 0 Å². The Hall–Kier alpha value is -4.43. The molecule has 36 heavy (non-hydrogen) atoms. The Balaban J connectivity index is 0.000000489. The SMILES string of the molecule is C=C/C=C\C.Cc1ccc(-c2ccc3[nH]c4cc5ccccc5cc4c3c2)cc1C1C=CC=CC=N1. The first-order valence-electron chi connectivity index (χ1n) is 12.3. The number of aliphatic imine (C=N–C) groups is 1. The molecule has 1 N–H and O–H groups in total. The summed E-state index contributed by atoms with van der Waals surface area (Å²) in [6.45, 7) is 7.59. The van der Waals surface area contributed by atoms with Crippen molar-refractivity contribution in [1.29, 1.82) is 0 Å². The highest BCUT2D eigenvalue weighted by Gasteiger charge is 2.13. The summed E-state index contributed by atoms with van der Waals surface area (Å²) < 4.78 is 0. The summed E-state index contributed by atoms with van der Waals surface area (Å²) in [5, 5.41) is 5.06. The molecule has 1 unspecified atom stereocenters. The molecular formula is C34H30N2. The molecule has 5 aromatic rings. The van der Waals surface area contributed by atoms with Crippen molar-refractivity contribution in [2.75, 3.05) is 0 Å². The first-order valence-corrected chi connectivity index (χ1v) is 12.3. The van der Waals surface area contributed by atoms with E-state index in [0.29, 0.717) is 0 Å². The maximum Gasteiger partial charge on any atom is 0.0936 e. The molecule has 1 atom stereocenters. The molecule has 1 aliphatic heterocycles. The number of allylic oxidation sites excluding steroid dienone is 6. The van der Waals surface area contributed by atoms with Crippen molar-refractivity contribution < 1.29 is 0 Å². The van der Waals surface area contributed by atoms with Gasteiger partial charge >= 0.3 is 0 Å². The van der Waals surface area contributed by atoms with Crippen LogP contribution in [-0.2, 0) is 0 Å². The quantitative estimate of drug-likeness (QED) is 0.257. The first-order chi connectivity index (χ1) is 17.7. The Labute approximate surface area is 212 Å². The van der Waals surface area contributed by atoms with Crippen LogP contribution in [0.4, 0.5) is 0 Å². The summed E-state index contributed by atoms with van der Waals surface area (Å²) in [4.78, 5) is 8.29. The number of nitrogens with one attached hydrogen (secondary N) is 1. The molecule has 0 amide bonds. The van der Waals surface area contributed by atoms with Crippen LogP contribution in [0.2, 0.25) is 0 Å². The van der Waals surface area contributed by atoms with E-state index in [2.05, 4.69) is 103 Å². The molecule has 6 rings (SSSR count). The Morgan fingerprint density at radius 1 is 0.806 bits per heavy atom. The van der Waals surface area contributed by atoms with Crippen LogP contribution in [0.5, 0.6) is 0 Å². The number of hydrogen-bond donors (Lipinski definition) is 1. The van der Waals surface area contributed by atoms with Gasteiger partial charge < -0.3 is 4.98 Å². The minimum Gasteiger partial charge on any atom is -0.354 e. The zero-order valence-corrected chi connectivity index (χ0v) is 20.8. The Morgan fingerprint density at radius 3 is 2.33 bits per heavy atom. The van der Waals surface area contributed by atoms with Crippen molar-refractivity contribution in [2.24, 2.45) is 4.99 Å². The van der Waals surface area contributed by atoms with Gasteiger partial charge in [-0.25, -0.2) is 0 Å². The van der Waals surface area contributed by atoms with Gasteiger partial charge in [-0.15, -0.1) is 0 Å². The zero-order chi connectivity index (χ0) is 24.9. The highest BCUT2D eigenvalue weighted by molar-refractivity contribution is 6.12. The minimum absolute atomic E-state index is 0.0538. The molecule has 0 fully saturated rings. The van der Waals surface area contributed by atoms with Crippen LogP contribution in [0, 0.1) is 6.92 Å².